The van der Waals surface area contributed by atoms with Crippen LogP contribution in [0.2, 0.25) is 0 Å². The molecule has 1 fully saturated rings. The van der Waals surface area contributed by atoms with E-state index in [1.165, 1.54) is 12.1 Å². The molecule has 5 nitrogen and oxygen atoms in total. The minimum absolute atomic E-state index is 0.0323. The molecule has 1 amide bonds. The van der Waals surface area contributed by atoms with Crippen molar-refractivity contribution in [2.75, 3.05) is 5.32 Å². The van der Waals surface area contributed by atoms with Gasteiger partial charge in [0.2, 0.25) is 5.91 Å². The van der Waals surface area contributed by atoms with Gasteiger partial charge in [-0.15, -0.1) is 0 Å². The van der Waals surface area contributed by atoms with Gasteiger partial charge in [0.1, 0.15) is 11.4 Å². The molecule has 25 heavy (non-hydrogen) atoms. The fourth-order valence-corrected chi connectivity index (χ4v) is 3.00. The second kappa shape index (κ2) is 7.34. The van der Waals surface area contributed by atoms with Crippen molar-refractivity contribution < 1.29 is 23.8 Å². The number of para-hydroxylation sites is 2. The van der Waals surface area contributed by atoms with Crippen LogP contribution in [0.3, 0.4) is 0 Å². The highest BCUT2D eigenvalue weighted by Gasteiger charge is 2.34. The van der Waals surface area contributed by atoms with Crippen LogP contribution in [0.4, 0.5) is 10.1 Å². The molecule has 0 aromatic heterocycles. The molecule has 1 aliphatic carbocycles. The third-order valence-corrected chi connectivity index (χ3v) is 4.35. The Balaban J connectivity index is 1.76. The van der Waals surface area contributed by atoms with Crippen LogP contribution in [0.5, 0.6) is 11.5 Å². The molecule has 2 aromatic rings. The lowest BCUT2D eigenvalue weighted by Crippen LogP contribution is -2.22. The summed E-state index contributed by atoms with van der Waals surface area (Å²) < 4.78 is 19.9. The Morgan fingerprint density at radius 3 is 2.44 bits per heavy atom. The van der Waals surface area contributed by atoms with E-state index in [1.54, 1.807) is 30.3 Å². The predicted molar refractivity (Wildman–Crippen MR) is 90.0 cm³/mol. The van der Waals surface area contributed by atoms with Crippen LogP contribution in [0.25, 0.3) is 0 Å². The van der Waals surface area contributed by atoms with Crippen molar-refractivity contribution in [2.24, 2.45) is 11.8 Å². The number of carbonyl (C=O) groups excluding carboxylic acids is 1. The standard InChI is InChI=1S/C19H18FNO4/c20-15-7-4-8-16(25-14-5-2-1-3-6-14)17(15)21-18(22)12-9-10-13(11-12)19(23)24/h1-8,12-13H,9-11H2,(H,21,22)(H,23,24)/t12-,13+/m0/s1. The minimum Gasteiger partial charge on any atom is -0.481 e. The number of anilines is 1. The molecule has 6 heteroatoms. The predicted octanol–water partition coefficient (Wildman–Crippen LogP) is 4.06. The molecule has 0 radical (unpaired) electrons. The number of amides is 1. The SMILES string of the molecule is O=C(O)[C@@H]1CC[C@H](C(=O)Nc2c(F)cccc2Oc2ccccc2)C1. The maximum absolute atomic E-state index is 14.2. The average Bonchev–Trinajstić information content (AvgIpc) is 3.09. The van der Waals surface area contributed by atoms with Crippen LogP contribution in [0.1, 0.15) is 19.3 Å². The molecule has 0 bridgehead atoms. The van der Waals surface area contributed by atoms with E-state index in [0.29, 0.717) is 18.6 Å². The summed E-state index contributed by atoms with van der Waals surface area (Å²) in [6, 6.07) is 13.2. The molecule has 130 valence electrons. The Morgan fingerprint density at radius 1 is 1.04 bits per heavy atom. The molecule has 0 heterocycles. The van der Waals surface area contributed by atoms with E-state index < -0.39 is 23.6 Å². The summed E-state index contributed by atoms with van der Waals surface area (Å²) in [7, 11) is 0. The number of ether oxygens (including phenoxy) is 1. The van der Waals surface area contributed by atoms with E-state index in [0.717, 1.165) is 0 Å². The highest BCUT2D eigenvalue weighted by Crippen LogP contribution is 2.35. The van der Waals surface area contributed by atoms with Crippen LogP contribution in [0.15, 0.2) is 48.5 Å². The third-order valence-electron chi connectivity index (χ3n) is 4.35. The lowest BCUT2D eigenvalue weighted by molar-refractivity contribution is -0.141. The van der Waals surface area contributed by atoms with Gasteiger partial charge in [0.05, 0.1) is 5.92 Å². The number of carboxylic acid groups (broad SMARTS) is 1. The van der Waals surface area contributed by atoms with Crippen LogP contribution in [0, 0.1) is 17.7 Å². The number of aliphatic carboxylic acids is 1. The fraction of sp³-hybridized carbons (Fsp3) is 0.263. The van der Waals surface area contributed by atoms with Crippen molar-refractivity contribution in [1.82, 2.24) is 0 Å². The molecule has 2 aromatic carbocycles. The summed E-state index contributed by atoms with van der Waals surface area (Å²) in [6.07, 6.45) is 1.20. The summed E-state index contributed by atoms with van der Waals surface area (Å²) >= 11 is 0. The summed E-state index contributed by atoms with van der Waals surface area (Å²) in [6.45, 7) is 0. The second-order valence-electron chi connectivity index (χ2n) is 6.06. The molecule has 1 aliphatic rings. The van der Waals surface area contributed by atoms with Gasteiger partial charge in [-0.1, -0.05) is 24.3 Å². The Bertz CT molecular complexity index is 778. The zero-order valence-electron chi connectivity index (χ0n) is 13.4. The van der Waals surface area contributed by atoms with Crippen LogP contribution >= 0.6 is 0 Å². The van der Waals surface area contributed by atoms with Gasteiger partial charge in [-0.3, -0.25) is 9.59 Å². The molecule has 0 unspecified atom stereocenters. The maximum atomic E-state index is 14.2. The first kappa shape index (κ1) is 17.0. The molecule has 3 rings (SSSR count). The molecule has 2 N–H and O–H groups in total. The summed E-state index contributed by atoms with van der Waals surface area (Å²) in [5.74, 6) is -2.11. The Hall–Kier alpha value is -2.89. The normalized spacial score (nSPS) is 19.4. The number of nitrogens with one attached hydrogen (secondary N) is 1. The number of hydrogen-bond acceptors (Lipinski definition) is 3. The van der Waals surface area contributed by atoms with Crippen LogP contribution in [-0.4, -0.2) is 17.0 Å². The van der Waals surface area contributed by atoms with Gasteiger partial charge < -0.3 is 15.2 Å². The van der Waals surface area contributed by atoms with Gasteiger partial charge >= 0.3 is 5.97 Å². The van der Waals surface area contributed by atoms with Crippen molar-refractivity contribution >= 4 is 17.6 Å². The minimum atomic E-state index is -0.894. The lowest BCUT2D eigenvalue weighted by atomic mass is 10.0. The van der Waals surface area contributed by atoms with Crippen molar-refractivity contribution in [2.45, 2.75) is 19.3 Å². The van der Waals surface area contributed by atoms with Crippen molar-refractivity contribution in [3.63, 3.8) is 0 Å². The number of carbonyl (C=O) groups is 2. The zero-order chi connectivity index (χ0) is 17.8. The molecule has 0 aliphatic heterocycles. The first-order chi connectivity index (χ1) is 12.0. The zero-order valence-corrected chi connectivity index (χ0v) is 13.4. The number of rotatable bonds is 5. The number of carboxylic acids is 1. The molecule has 0 saturated heterocycles. The highest BCUT2D eigenvalue weighted by atomic mass is 19.1. The summed E-state index contributed by atoms with van der Waals surface area (Å²) in [5.41, 5.74) is -0.0323. The largest absolute Gasteiger partial charge is 0.481 e. The fourth-order valence-electron chi connectivity index (χ4n) is 3.00. The average molecular weight is 343 g/mol. The van der Waals surface area contributed by atoms with E-state index >= 15 is 0 Å². The van der Waals surface area contributed by atoms with Gasteiger partial charge in [-0.05, 0) is 43.5 Å². The van der Waals surface area contributed by atoms with E-state index in [1.807, 2.05) is 6.07 Å². The molecule has 1 saturated carbocycles. The van der Waals surface area contributed by atoms with E-state index in [-0.39, 0.29) is 23.8 Å². The topological polar surface area (TPSA) is 75.6 Å². The van der Waals surface area contributed by atoms with Crippen LogP contribution < -0.4 is 10.1 Å². The number of benzene rings is 2. The number of halogens is 1. The third kappa shape index (κ3) is 3.96. The van der Waals surface area contributed by atoms with Gasteiger partial charge in [0.15, 0.2) is 11.6 Å². The molecule has 0 spiro atoms. The maximum Gasteiger partial charge on any atom is 0.306 e. The summed E-state index contributed by atoms with van der Waals surface area (Å²) in [5, 5.41) is 11.6. The quantitative estimate of drug-likeness (QED) is 0.858. The van der Waals surface area contributed by atoms with Gasteiger partial charge in [-0.2, -0.15) is 0 Å². The Kier molecular flexibility index (Phi) is 4.97. The van der Waals surface area contributed by atoms with Gasteiger partial charge in [0, 0.05) is 5.92 Å². The smallest absolute Gasteiger partial charge is 0.306 e. The Labute approximate surface area is 144 Å². The van der Waals surface area contributed by atoms with Gasteiger partial charge in [-0.25, -0.2) is 4.39 Å². The van der Waals surface area contributed by atoms with Crippen molar-refractivity contribution in [3.8, 4) is 11.5 Å². The van der Waals surface area contributed by atoms with Crippen molar-refractivity contribution in [1.29, 1.82) is 0 Å². The first-order valence-electron chi connectivity index (χ1n) is 8.09. The second-order valence-corrected chi connectivity index (χ2v) is 6.06. The lowest BCUT2D eigenvalue weighted by Gasteiger charge is -2.15. The highest BCUT2D eigenvalue weighted by molar-refractivity contribution is 5.94. The summed E-state index contributed by atoms with van der Waals surface area (Å²) in [4.78, 5) is 23.4. The number of hydrogen-bond donors (Lipinski definition) is 2. The first-order valence-corrected chi connectivity index (χ1v) is 8.09. The van der Waals surface area contributed by atoms with E-state index in [4.69, 9.17) is 9.84 Å². The van der Waals surface area contributed by atoms with Crippen molar-refractivity contribution in [3.05, 3.63) is 54.3 Å². The molecular weight excluding hydrogens is 325 g/mol. The van der Waals surface area contributed by atoms with E-state index in [9.17, 15) is 14.0 Å². The molecule has 2 atom stereocenters. The Morgan fingerprint density at radius 2 is 1.76 bits per heavy atom. The van der Waals surface area contributed by atoms with Gasteiger partial charge in [0.25, 0.3) is 0 Å². The van der Waals surface area contributed by atoms with E-state index in [2.05, 4.69) is 5.32 Å². The molecular formula is C19H18FNO4. The van der Waals surface area contributed by atoms with Crippen LogP contribution in [-0.2, 0) is 9.59 Å². The monoisotopic (exact) mass is 343 g/mol.